The van der Waals surface area contributed by atoms with Crippen LogP contribution in [0, 0.1) is 0 Å². The lowest BCUT2D eigenvalue weighted by Gasteiger charge is -2.42. The normalized spacial score (nSPS) is 40.7. The van der Waals surface area contributed by atoms with Crippen molar-refractivity contribution in [3.63, 3.8) is 0 Å². The zero-order chi connectivity index (χ0) is 12.3. The molecule has 3 heterocycles. The predicted octanol–water partition coefficient (Wildman–Crippen LogP) is 1.11. The van der Waals surface area contributed by atoms with Crippen molar-refractivity contribution in [1.82, 2.24) is 0 Å². The van der Waals surface area contributed by atoms with Crippen molar-refractivity contribution in [2.75, 3.05) is 13.2 Å². The summed E-state index contributed by atoms with van der Waals surface area (Å²) in [6.45, 7) is 8.68. The highest BCUT2D eigenvalue weighted by molar-refractivity contribution is 5.69. The number of aliphatic imine (C=N–C) groups is 1. The van der Waals surface area contributed by atoms with Gasteiger partial charge in [-0.05, 0) is 27.7 Å². The molecule has 0 aromatic carbocycles. The van der Waals surface area contributed by atoms with Crippen molar-refractivity contribution in [3.05, 3.63) is 0 Å². The van der Waals surface area contributed by atoms with E-state index in [0.29, 0.717) is 13.2 Å². The standard InChI is InChI=1S/C12H19NO4/c1-10(2)14-6-12(7-15-10)9-8(5-13-12)16-11(3,4)17-9/h5,8-9H,6-7H2,1-4H3/t8-,9-/m1/s1. The van der Waals surface area contributed by atoms with Crippen LogP contribution in [0.1, 0.15) is 27.7 Å². The molecule has 0 amide bonds. The fourth-order valence-electron chi connectivity index (χ4n) is 2.53. The number of hydrogen-bond donors (Lipinski definition) is 0. The molecule has 0 N–H and O–H groups in total. The summed E-state index contributed by atoms with van der Waals surface area (Å²) in [7, 11) is 0. The fraction of sp³-hybridized carbons (Fsp3) is 0.917. The summed E-state index contributed by atoms with van der Waals surface area (Å²) in [5.41, 5.74) is -0.437. The molecule has 2 saturated heterocycles. The second-order valence-corrected chi connectivity index (χ2v) is 5.88. The van der Waals surface area contributed by atoms with E-state index in [1.165, 1.54) is 0 Å². The third kappa shape index (κ3) is 1.81. The van der Waals surface area contributed by atoms with Gasteiger partial charge in [-0.2, -0.15) is 0 Å². The smallest absolute Gasteiger partial charge is 0.164 e. The molecule has 0 radical (unpaired) electrons. The van der Waals surface area contributed by atoms with Crippen LogP contribution in [0.5, 0.6) is 0 Å². The lowest BCUT2D eigenvalue weighted by Crippen LogP contribution is -2.56. The Morgan fingerprint density at radius 2 is 1.65 bits per heavy atom. The monoisotopic (exact) mass is 241 g/mol. The first-order chi connectivity index (χ1) is 7.82. The Balaban J connectivity index is 1.80. The van der Waals surface area contributed by atoms with Crippen LogP contribution in [0.25, 0.3) is 0 Å². The van der Waals surface area contributed by atoms with Crippen molar-refractivity contribution in [3.8, 4) is 0 Å². The molecular formula is C12H19NO4. The molecule has 0 aromatic heterocycles. The van der Waals surface area contributed by atoms with Crippen LogP contribution in [0.4, 0.5) is 0 Å². The Kier molecular flexibility index (Phi) is 2.24. The van der Waals surface area contributed by atoms with Gasteiger partial charge in [0.2, 0.25) is 0 Å². The first kappa shape index (κ1) is 11.6. The van der Waals surface area contributed by atoms with E-state index in [2.05, 4.69) is 4.99 Å². The maximum Gasteiger partial charge on any atom is 0.164 e. The van der Waals surface area contributed by atoms with Gasteiger partial charge in [-0.25, -0.2) is 0 Å². The average molecular weight is 241 g/mol. The van der Waals surface area contributed by atoms with Crippen molar-refractivity contribution in [2.45, 2.75) is 57.0 Å². The summed E-state index contributed by atoms with van der Waals surface area (Å²) in [5, 5.41) is 0. The summed E-state index contributed by atoms with van der Waals surface area (Å²) in [6.07, 6.45) is 1.64. The lowest BCUT2D eigenvalue weighted by atomic mass is 9.93. The van der Waals surface area contributed by atoms with Crippen LogP contribution in [0.15, 0.2) is 4.99 Å². The molecule has 96 valence electrons. The first-order valence-electron chi connectivity index (χ1n) is 6.01. The van der Waals surface area contributed by atoms with Crippen molar-refractivity contribution < 1.29 is 18.9 Å². The predicted molar refractivity (Wildman–Crippen MR) is 61.0 cm³/mol. The molecule has 0 saturated carbocycles. The molecular weight excluding hydrogens is 222 g/mol. The van der Waals surface area contributed by atoms with E-state index >= 15 is 0 Å². The van der Waals surface area contributed by atoms with Crippen LogP contribution in [0.3, 0.4) is 0 Å². The van der Waals surface area contributed by atoms with Gasteiger partial charge >= 0.3 is 0 Å². The van der Waals surface area contributed by atoms with Crippen LogP contribution in [0.2, 0.25) is 0 Å². The van der Waals surface area contributed by atoms with Crippen LogP contribution in [-0.2, 0) is 18.9 Å². The van der Waals surface area contributed by atoms with E-state index in [9.17, 15) is 0 Å². The van der Waals surface area contributed by atoms with E-state index in [1.54, 1.807) is 0 Å². The van der Waals surface area contributed by atoms with E-state index in [1.807, 2.05) is 33.9 Å². The molecule has 5 heteroatoms. The number of ether oxygens (including phenoxy) is 4. The molecule has 3 aliphatic rings. The summed E-state index contributed by atoms with van der Waals surface area (Å²) in [5.74, 6) is -1.09. The largest absolute Gasteiger partial charge is 0.348 e. The second-order valence-electron chi connectivity index (χ2n) is 5.88. The summed E-state index contributed by atoms with van der Waals surface area (Å²) in [4.78, 5) is 4.52. The molecule has 2 atom stereocenters. The topological polar surface area (TPSA) is 49.3 Å². The molecule has 5 nitrogen and oxygen atoms in total. The molecule has 0 bridgehead atoms. The van der Waals surface area contributed by atoms with E-state index in [0.717, 1.165) is 0 Å². The Labute approximate surface area is 101 Å². The third-order valence-corrected chi connectivity index (χ3v) is 3.48. The van der Waals surface area contributed by atoms with Gasteiger partial charge in [-0.15, -0.1) is 0 Å². The van der Waals surface area contributed by atoms with Gasteiger partial charge in [-0.1, -0.05) is 0 Å². The highest BCUT2D eigenvalue weighted by atomic mass is 16.8. The first-order valence-corrected chi connectivity index (χ1v) is 6.01. The van der Waals surface area contributed by atoms with E-state index in [-0.39, 0.29) is 12.2 Å². The zero-order valence-corrected chi connectivity index (χ0v) is 10.7. The average Bonchev–Trinajstić information content (AvgIpc) is 2.68. The molecule has 0 unspecified atom stereocenters. The Morgan fingerprint density at radius 3 is 2.29 bits per heavy atom. The van der Waals surface area contributed by atoms with Gasteiger partial charge in [-0.3, -0.25) is 4.99 Å². The van der Waals surface area contributed by atoms with E-state index < -0.39 is 17.1 Å². The fourth-order valence-corrected chi connectivity index (χ4v) is 2.53. The third-order valence-electron chi connectivity index (χ3n) is 3.48. The van der Waals surface area contributed by atoms with Gasteiger partial charge in [0.05, 0.1) is 13.2 Å². The minimum Gasteiger partial charge on any atom is -0.348 e. The molecule has 2 fully saturated rings. The molecule has 3 aliphatic heterocycles. The number of nitrogens with zero attached hydrogens (tertiary/aromatic N) is 1. The molecule has 0 aliphatic carbocycles. The van der Waals surface area contributed by atoms with Crippen molar-refractivity contribution in [2.24, 2.45) is 4.99 Å². The van der Waals surface area contributed by atoms with Crippen LogP contribution >= 0.6 is 0 Å². The highest BCUT2D eigenvalue weighted by Crippen LogP contribution is 2.42. The Hall–Kier alpha value is -0.490. The summed E-state index contributed by atoms with van der Waals surface area (Å²) < 4.78 is 23.1. The quantitative estimate of drug-likeness (QED) is 0.637. The Bertz CT molecular complexity index is 354. The van der Waals surface area contributed by atoms with Crippen molar-refractivity contribution in [1.29, 1.82) is 0 Å². The maximum atomic E-state index is 5.93. The van der Waals surface area contributed by atoms with E-state index in [4.69, 9.17) is 18.9 Å². The zero-order valence-electron chi connectivity index (χ0n) is 10.7. The number of rotatable bonds is 0. The second kappa shape index (κ2) is 3.29. The minimum atomic E-state index is -0.554. The number of fused-ring (bicyclic) bond motifs is 2. The maximum absolute atomic E-state index is 5.93. The minimum absolute atomic E-state index is 0.0848. The molecule has 1 spiro atoms. The lowest BCUT2D eigenvalue weighted by molar-refractivity contribution is -0.278. The number of hydrogen-bond acceptors (Lipinski definition) is 5. The molecule has 0 aromatic rings. The molecule has 17 heavy (non-hydrogen) atoms. The molecule has 3 rings (SSSR count). The van der Waals surface area contributed by atoms with Crippen LogP contribution in [-0.4, -0.2) is 48.7 Å². The van der Waals surface area contributed by atoms with Gasteiger partial charge < -0.3 is 18.9 Å². The van der Waals surface area contributed by atoms with Gasteiger partial charge in [0.1, 0.15) is 17.7 Å². The highest BCUT2D eigenvalue weighted by Gasteiger charge is 2.58. The summed E-state index contributed by atoms with van der Waals surface area (Å²) in [6, 6.07) is 0. The summed E-state index contributed by atoms with van der Waals surface area (Å²) >= 11 is 0. The van der Waals surface area contributed by atoms with Crippen LogP contribution < -0.4 is 0 Å². The van der Waals surface area contributed by atoms with Gasteiger partial charge in [0.25, 0.3) is 0 Å². The van der Waals surface area contributed by atoms with Crippen molar-refractivity contribution >= 4 is 6.21 Å². The van der Waals surface area contributed by atoms with Gasteiger partial charge in [0.15, 0.2) is 11.6 Å². The SMILES string of the molecule is CC1(C)OCC2(CO1)N=C[C@H]1OC(C)(C)O[C@H]12. The van der Waals surface area contributed by atoms with Gasteiger partial charge in [0, 0.05) is 6.21 Å². The Morgan fingerprint density at radius 1 is 1.00 bits per heavy atom.